The van der Waals surface area contributed by atoms with Gasteiger partial charge in [-0.25, -0.2) is 0 Å². The molecular formula is C15H27N3O. The van der Waals surface area contributed by atoms with E-state index in [0.717, 1.165) is 26.2 Å². The fraction of sp³-hybridized carbons (Fsp3) is 0.933. The van der Waals surface area contributed by atoms with Gasteiger partial charge in [0.2, 0.25) is 5.91 Å². The number of carbonyl (C=O) groups excluding carboxylic acids is 1. The maximum atomic E-state index is 12.3. The molecule has 3 rings (SSSR count). The molecule has 1 aliphatic carbocycles. The molecule has 2 saturated heterocycles. The zero-order valence-corrected chi connectivity index (χ0v) is 12.1. The number of rotatable bonds is 3. The monoisotopic (exact) mass is 265 g/mol. The summed E-state index contributed by atoms with van der Waals surface area (Å²) < 4.78 is 0. The Morgan fingerprint density at radius 3 is 2.84 bits per heavy atom. The SMILES string of the molecule is CC(C(=O)NC1CCCC1)N1CCC2(CCNC2)C1. The molecule has 3 aliphatic rings. The minimum Gasteiger partial charge on any atom is -0.352 e. The molecule has 1 amide bonds. The van der Waals surface area contributed by atoms with Gasteiger partial charge in [-0.2, -0.15) is 0 Å². The third-order valence-corrected chi connectivity index (χ3v) is 5.43. The topological polar surface area (TPSA) is 44.4 Å². The Labute approximate surface area is 116 Å². The van der Waals surface area contributed by atoms with Crippen LogP contribution in [0, 0.1) is 5.41 Å². The molecule has 2 N–H and O–H groups in total. The van der Waals surface area contributed by atoms with Crippen LogP contribution in [0.25, 0.3) is 0 Å². The smallest absolute Gasteiger partial charge is 0.237 e. The number of nitrogens with zero attached hydrogens (tertiary/aromatic N) is 1. The van der Waals surface area contributed by atoms with Crippen molar-refractivity contribution in [2.24, 2.45) is 5.41 Å². The third kappa shape index (κ3) is 2.79. The van der Waals surface area contributed by atoms with Gasteiger partial charge in [0.1, 0.15) is 0 Å². The first-order valence-corrected chi connectivity index (χ1v) is 7.94. The van der Waals surface area contributed by atoms with E-state index in [1.54, 1.807) is 0 Å². The van der Waals surface area contributed by atoms with E-state index in [0.29, 0.717) is 11.5 Å². The quantitative estimate of drug-likeness (QED) is 0.804. The summed E-state index contributed by atoms with van der Waals surface area (Å²) in [5.41, 5.74) is 0.460. The lowest BCUT2D eigenvalue weighted by molar-refractivity contribution is -0.126. The van der Waals surface area contributed by atoms with Crippen LogP contribution in [0.5, 0.6) is 0 Å². The molecule has 4 nitrogen and oxygen atoms in total. The second-order valence-electron chi connectivity index (χ2n) is 6.81. The van der Waals surface area contributed by atoms with Gasteiger partial charge in [-0.15, -0.1) is 0 Å². The Kier molecular flexibility index (Phi) is 3.81. The van der Waals surface area contributed by atoms with Crippen molar-refractivity contribution in [1.82, 2.24) is 15.5 Å². The number of carbonyl (C=O) groups is 1. The summed E-state index contributed by atoms with van der Waals surface area (Å²) in [6.07, 6.45) is 7.43. The maximum Gasteiger partial charge on any atom is 0.237 e. The standard InChI is InChI=1S/C15H27N3O/c1-12(14(19)17-13-4-2-3-5-13)18-9-7-15(11-18)6-8-16-10-15/h12-13,16H,2-11H2,1H3,(H,17,19). The van der Waals surface area contributed by atoms with Crippen molar-refractivity contribution in [3.8, 4) is 0 Å². The van der Waals surface area contributed by atoms with Crippen molar-refractivity contribution in [1.29, 1.82) is 0 Å². The van der Waals surface area contributed by atoms with Crippen LogP contribution in [0.15, 0.2) is 0 Å². The molecule has 2 heterocycles. The van der Waals surface area contributed by atoms with Gasteiger partial charge in [-0.3, -0.25) is 9.69 Å². The highest BCUT2D eigenvalue weighted by Gasteiger charge is 2.42. The van der Waals surface area contributed by atoms with Crippen LogP contribution in [0.3, 0.4) is 0 Å². The molecule has 0 radical (unpaired) electrons. The number of nitrogens with one attached hydrogen (secondary N) is 2. The highest BCUT2D eigenvalue weighted by atomic mass is 16.2. The van der Waals surface area contributed by atoms with Gasteiger partial charge >= 0.3 is 0 Å². The number of likely N-dealkylation sites (tertiary alicyclic amines) is 1. The molecule has 0 bridgehead atoms. The van der Waals surface area contributed by atoms with E-state index < -0.39 is 0 Å². The molecule has 3 fully saturated rings. The van der Waals surface area contributed by atoms with Gasteiger partial charge in [0.15, 0.2) is 0 Å². The molecule has 0 aromatic rings. The van der Waals surface area contributed by atoms with E-state index in [2.05, 4.69) is 22.5 Å². The molecule has 0 aromatic carbocycles. The van der Waals surface area contributed by atoms with Crippen molar-refractivity contribution in [2.75, 3.05) is 26.2 Å². The maximum absolute atomic E-state index is 12.3. The van der Waals surface area contributed by atoms with Crippen LogP contribution >= 0.6 is 0 Å². The molecular weight excluding hydrogens is 238 g/mol. The predicted molar refractivity (Wildman–Crippen MR) is 76.0 cm³/mol. The fourth-order valence-electron chi connectivity index (χ4n) is 4.00. The number of amides is 1. The Morgan fingerprint density at radius 2 is 2.16 bits per heavy atom. The van der Waals surface area contributed by atoms with Crippen molar-refractivity contribution in [3.05, 3.63) is 0 Å². The van der Waals surface area contributed by atoms with Crippen molar-refractivity contribution < 1.29 is 4.79 Å². The van der Waals surface area contributed by atoms with Crippen LogP contribution < -0.4 is 10.6 Å². The first kappa shape index (κ1) is 13.4. The van der Waals surface area contributed by atoms with Gasteiger partial charge < -0.3 is 10.6 Å². The van der Waals surface area contributed by atoms with E-state index in [9.17, 15) is 4.79 Å². The number of hydrogen-bond acceptors (Lipinski definition) is 3. The van der Waals surface area contributed by atoms with Crippen LogP contribution in [0.1, 0.15) is 45.4 Å². The van der Waals surface area contributed by atoms with Crippen molar-refractivity contribution in [3.63, 3.8) is 0 Å². The van der Waals surface area contributed by atoms with Gasteiger partial charge in [-0.1, -0.05) is 12.8 Å². The van der Waals surface area contributed by atoms with Gasteiger partial charge in [0, 0.05) is 19.1 Å². The second-order valence-corrected chi connectivity index (χ2v) is 6.81. The van der Waals surface area contributed by atoms with E-state index in [1.165, 1.54) is 38.5 Å². The summed E-state index contributed by atoms with van der Waals surface area (Å²) in [6.45, 7) is 6.54. The molecule has 2 atom stereocenters. The summed E-state index contributed by atoms with van der Waals surface area (Å²) in [4.78, 5) is 14.7. The van der Waals surface area contributed by atoms with Gasteiger partial charge in [0.05, 0.1) is 6.04 Å². The fourth-order valence-corrected chi connectivity index (χ4v) is 4.00. The summed E-state index contributed by atoms with van der Waals surface area (Å²) in [5.74, 6) is 0.245. The van der Waals surface area contributed by atoms with E-state index in [-0.39, 0.29) is 11.9 Å². The normalized spacial score (nSPS) is 34.2. The molecule has 1 saturated carbocycles. The molecule has 0 aromatic heterocycles. The first-order chi connectivity index (χ1) is 9.19. The largest absolute Gasteiger partial charge is 0.352 e. The zero-order chi connectivity index (χ0) is 13.3. The molecule has 4 heteroatoms. The van der Waals surface area contributed by atoms with Crippen LogP contribution in [-0.2, 0) is 4.79 Å². The van der Waals surface area contributed by atoms with E-state index in [4.69, 9.17) is 0 Å². The van der Waals surface area contributed by atoms with Gasteiger partial charge in [-0.05, 0) is 51.1 Å². The molecule has 2 unspecified atom stereocenters. The van der Waals surface area contributed by atoms with Crippen molar-refractivity contribution in [2.45, 2.75) is 57.5 Å². The number of hydrogen-bond donors (Lipinski definition) is 2. The predicted octanol–water partition coefficient (Wildman–Crippen LogP) is 1.12. The molecule has 1 spiro atoms. The highest BCUT2D eigenvalue weighted by Crippen LogP contribution is 2.36. The molecule has 2 aliphatic heterocycles. The third-order valence-electron chi connectivity index (χ3n) is 5.43. The summed E-state index contributed by atoms with van der Waals surface area (Å²) in [7, 11) is 0. The van der Waals surface area contributed by atoms with Gasteiger partial charge in [0.25, 0.3) is 0 Å². The Morgan fingerprint density at radius 1 is 1.37 bits per heavy atom. The minimum absolute atomic E-state index is 0.0422. The average Bonchev–Trinajstić information content (AvgIpc) is 3.13. The lowest BCUT2D eigenvalue weighted by atomic mass is 9.86. The lowest BCUT2D eigenvalue weighted by Gasteiger charge is -2.27. The molecule has 19 heavy (non-hydrogen) atoms. The van der Waals surface area contributed by atoms with E-state index in [1.807, 2.05) is 0 Å². The Balaban J connectivity index is 1.52. The van der Waals surface area contributed by atoms with Crippen molar-refractivity contribution >= 4 is 5.91 Å². The summed E-state index contributed by atoms with van der Waals surface area (Å²) >= 11 is 0. The second kappa shape index (κ2) is 5.41. The Hall–Kier alpha value is -0.610. The van der Waals surface area contributed by atoms with E-state index >= 15 is 0 Å². The zero-order valence-electron chi connectivity index (χ0n) is 12.1. The van der Waals surface area contributed by atoms with Crippen LogP contribution in [0.2, 0.25) is 0 Å². The minimum atomic E-state index is 0.0422. The summed E-state index contributed by atoms with van der Waals surface area (Å²) in [6, 6.07) is 0.486. The van der Waals surface area contributed by atoms with Crippen LogP contribution in [0.4, 0.5) is 0 Å². The summed E-state index contributed by atoms with van der Waals surface area (Å²) in [5, 5.41) is 6.71. The molecule has 108 valence electrons. The average molecular weight is 265 g/mol. The highest BCUT2D eigenvalue weighted by molar-refractivity contribution is 5.81. The Bertz CT molecular complexity index is 332. The lowest BCUT2D eigenvalue weighted by Crippen LogP contribution is -2.47. The van der Waals surface area contributed by atoms with Crippen LogP contribution in [-0.4, -0.2) is 49.1 Å². The first-order valence-electron chi connectivity index (χ1n) is 7.94.